The monoisotopic (exact) mass is 362 g/mol. The average molecular weight is 362 g/mol. The maximum Gasteiger partial charge on any atom is 0.241 e. The van der Waals surface area contributed by atoms with Gasteiger partial charge in [-0.2, -0.15) is 0 Å². The highest BCUT2D eigenvalue weighted by atomic mass is 32.2. The quantitative estimate of drug-likeness (QED) is 0.798. The van der Waals surface area contributed by atoms with Crippen molar-refractivity contribution in [1.29, 1.82) is 0 Å². The SMILES string of the molecule is COc1ccc(S(=O)(=O)NC2CCCc3cc(N)ccc32)cc1OC. The van der Waals surface area contributed by atoms with Gasteiger partial charge in [0.2, 0.25) is 10.0 Å². The van der Waals surface area contributed by atoms with Crippen molar-refractivity contribution < 1.29 is 17.9 Å². The van der Waals surface area contributed by atoms with Gasteiger partial charge in [-0.15, -0.1) is 0 Å². The number of anilines is 1. The van der Waals surface area contributed by atoms with E-state index in [0.717, 1.165) is 30.4 Å². The Labute approximate surface area is 148 Å². The van der Waals surface area contributed by atoms with E-state index in [2.05, 4.69) is 4.72 Å². The molecule has 25 heavy (non-hydrogen) atoms. The molecule has 0 spiro atoms. The first-order valence-corrected chi connectivity index (χ1v) is 9.55. The first kappa shape index (κ1) is 17.6. The summed E-state index contributed by atoms with van der Waals surface area (Å²) in [5.74, 6) is 0.863. The summed E-state index contributed by atoms with van der Waals surface area (Å²) in [5.41, 5.74) is 8.63. The van der Waals surface area contributed by atoms with Gasteiger partial charge in [-0.25, -0.2) is 13.1 Å². The van der Waals surface area contributed by atoms with Crippen LogP contribution in [0.3, 0.4) is 0 Å². The van der Waals surface area contributed by atoms with Crippen molar-refractivity contribution in [1.82, 2.24) is 4.72 Å². The van der Waals surface area contributed by atoms with E-state index in [1.807, 2.05) is 18.2 Å². The molecule has 2 aromatic rings. The Hall–Kier alpha value is -2.25. The van der Waals surface area contributed by atoms with Crippen molar-refractivity contribution in [3.8, 4) is 11.5 Å². The lowest BCUT2D eigenvalue weighted by Crippen LogP contribution is -2.31. The van der Waals surface area contributed by atoms with Crippen LogP contribution >= 0.6 is 0 Å². The zero-order chi connectivity index (χ0) is 18.0. The second-order valence-electron chi connectivity index (χ2n) is 6.04. The summed E-state index contributed by atoms with van der Waals surface area (Å²) in [5, 5.41) is 0. The Bertz CT molecular complexity index is 881. The predicted octanol–water partition coefficient (Wildman–Crippen LogP) is 2.64. The number of ether oxygens (including phenoxy) is 2. The fraction of sp³-hybridized carbons (Fsp3) is 0.333. The molecule has 1 unspecified atom stereocenters. The lowest BCUT2D eigenvalue weighted by Gasteiger charge is -2.26. The molecule has 0 fully saturated rings. The number of nitrogen functional groups attached to an aromatic ring is 1. The molecule has 0 heterocycles. The molecule has 0 bridgehead atoms. The van der Waals surface area contributed by atoms with Crippen LogP contribution in [0.15, 0.2) is 41.3 Å². The minimum absolute atomic E-state index is 0.146. The van der Waals surface area contributed by atoms with Gasteiger partial charge in [0.05, 0.1) is 19.1 Å². The molecule has 2 aromatic carbocycles. The van der Waals surface area contributed by atoms with E-state index in [1.165, 1.54) is 26.4 Å². The number of nitrogens with two attached hydrogens (primary N) is 1. The summed E-state index contributed by atoms with van der Waals surface area (Å²) < 4.78 is 38.8. The van der Waals surface area contributed by atoms with E-state index >= 15 is 0 Å². The molecule has 134 valence electrons. The van der Waals surface area contributed by atoms with E-state index < -0.39 is 10.0 Å². The van der Waals surface area contributed by atoms with Gasteiger partial charge < -0.3 is 15.2 Å². The van der Waals surface area contributed by atoms with Crippen LogP contribution in [0.4, 0.5) is 5.69 Å². The van der Waals surface area contributed by atoms with E-state index in [9.17, 15) is 8.42 Å². The van der Waals surface area contributed by atoms with Crippen molar-refractivity contribution in [2.24, 2.45) is 0 Å². The second-order valence-corrected chi connectivity index (χ2v) is 7.76. The molecule has 1 atom stereocenters. The van der Waals surface area contributed by atoms with Crippen molar-refractivity contribution in [3.63, 3.8) is 0 Å². The van der Waals surface area contributed by atoms with Gasteiger partial charge >= 0.3 is 0 Å². The normalized spacial score (nSPS) is 17.0. The molecule has 0 aliphatic heterocycles. The Morgan fingerprint density at radius 2 is 1.84 bits per heavy atom. The van der Waals surface area contributed by atoms with Crippen molar-refractivity contribution in [3.05, 3.63) is 47.5 Å². The molecule has 1 aliphatic carbocycles. The number of nitrogens with one attached hydrogen (secondary N) is 1. The van der Waals surface area contributed by atoms with Crippen LogP contribution in [-0.4, -0.2) is 22.6 Å². The van der Waals surface area contributed by atoms with Crippen LogP contribution in [0.25, 0.3) is 0 Å². The van der Waals surface area contributed by atoms with Crippen LogP contribution in [0.1, 0.15) is 30.0 Å². The lowest BCUT2D eigenvalue weighted by molar-refractivity contribution is 0.354. The van der Waals surface area contributed by atoms with Crippen LogP contribution < -0.4 is 19.9 Å². The summed E-state index contributed by atoms with van der Waals surface area (Å²) in [7, 11) is -0.703. The molecule has 1 aliphatic rings. The van der Waals surface area contributed by atoms with Gasteiger partial charge in [0.15, 0.2) is 11.5 Å². The predicted molar refractivity (Wildman–Crippen MR) is 96.4 cm³/mol. The minimum atomic E-state index is -3.69. The zero-order valence-electron chi connectivity index (χ0n) is 14.3. The molecule has 0 amide bonds. The highest BCUT2D eigenvalue weighted by molar-refractivity contribution is 7.89. The molecule has 6 nitrogen and oxygen atoms in total. The van der Waals surface area contributed by atoms with E-state index in [4.69, 9.17) is 15.2 Å². The standard InChI is InChI=1S/C18H22N2O4S/c1-23-17-9-7-14(11-18(17)24-2)25(21,22)20-16-5-3-4-12-10-13(19)6-8-15(12)16/h6-11,16,20H,3-5,19H2,1-2H3. The second kappa shape index (κ2) is 6.93. The average Bonchev–Trinajstić information content (AvgIpc) is 2.60. The maximum atomic E-state index is 12.8. The smallest absolute Gasteiger partial charge is 0.241 e. The summed E-state index contributed by atoms with van der Waals surface area (Å²) in [4.78, 5) is 0.146. The fourth-order valence-electron chi connectivity index (χ4n) is 3.20. The minimum Gasteiger partial charge on any atom is -0.493 e. The van der Waals surface area contributed by atoms with Crippen molar-refractivity contribution in [2.45, 2.75) is 30.2 Å². The van der Waals surface area contributed by atoms with Gasteiger partial charge in [-0.1, -0.05) is 6.07 Å². The van der Waals surface area contributed by atoms with Crippen molar-refractivity contribution >= 4 is 15.7 Å². The van der Waals surface area contributed by atoms with Crippen LogP contribution in [0, 0.1) is 0 Å². The molecule has 0 saturated heterocycles. The molecule has 0 saturated carbocycles. The van der Waals surface area contributed by atoms with Gasteiger partial charge in [0.1, 0.15) is 0 Å². The fourth-order valence-corrected chi connectivity index (χ4v) is 4.46. The van der Waals surface area contributed by atoms with Crippen LogP contribution in [0.2, 0.25) is 0 Å². The highest BCUT2D eigenvalue weighted by Gasteiger charge is 2.26. The van der Waals surface area contributed by atoms with Crippen molar-refractivity contribution in [2.75, 3.05) is 20.0 Å². The third-order valence-corrected chi connectivity index (χ3v) is 5.91. The van der Waals surface area contributed by atoms with Crippen LogP contribution in [-0.2, 0) is 16.4 Å². The number of fused-ring (bicyclic) bond motifs is 1. The van der Waals surface area contributed by atoms with E-state index in [1.54, 1.807) is 6.07 Å². The maximum absolute atomic E-state index is 12.8. The van der Waals surface area contributed by atoms with Gasteiger partial charge in [-0.05, 0) is 54.7 Å². The Morgan fingerprint density at radius 1 is 1.08 bits per heavy atom. The molecule has 7 heteroatoms. The zero-order valence-corrected chi connectivity index (χ0v) is 15.1. The number of hydrogen-bond donors (Lipinski definition) is 2. The first-order valence-electron chi connectivity index (χ1n) is 8.07. The molecule has 3 N–H and O–H groups in total. The number of methoxy groups -OCH3 is 2. The molecular weight excluding hydrogens is 340 g/mol. The van der Waals surface area contributed by atoms with Gasteiger partial charge in [0.25, 0.3) is 0 Å². The summed E-state index contributed by atoms with van der Waals surface area (Å²) in [6, 6.07) is 9.94. The number of sulfonamides is 1. The Morgan fingerprint density at radius 3 is 2.56 bits per heavy atom. The topological polar surface area (TPSA) is 90.7 Å². The Balaban J connectivity index is 1.90. The van der Waals surface area contributed by atoms with Gasteiger partial charge in [-0.3, -0.25) is 0 Å². The number of hydrogen-bond acceptors (Lipinski definition) is 5. The molecular formula is C18H22N2O4S. The number of aryl methyl sites for hydroxylation is 1. The lowest BCUT2D eigenvalue weighted by atomic mass is 9.88. The summed E-state index contributed by atoms with van der Waals surface area (Å²) >= 11 is 0. The molecule has 0 radical (unpaired) electrons. The summed E-state index contributed by atoms with van der Waals surface area (Å²) in [6.07, 6.45) is 2.58. The third-order valence-electron chi connectivity index (χ3n) is 4.44. The summed E-state index contributed by atoms with van der Waals surface area (Å²) in [6.45, 7) is 0. The number of benzene rings is 2. The molecule has 3 rings (SSSR count). The number of rotatable bonds is 5. The first-order chi connectivity index (χ1) is 11.9. The largest absolute Gasteiger partial charge is 0.493 e. The van der Waals surface area contributed by atoms with Gasteiger partial charge in [0, 0.05) is 17.8 Å². The van der Waals surface area contributed by atoms with E-state index in [0.29, 0.717) is 17.2 Å². The molecule has 0 aromatic heterocycles. The Kier molecular flexibility index (Phi) is 4.87. The van der Waals surface area contributed by atoms with Crippen LogP contribution in [0.5, 0.6) is 11.5 Å². The third kappa shape index (κ3) is 3.57. The van der Waals surface area contributed by atoms with E-state index in [-0.39, 0.29) is 10.9 Å². The highest BCUT2D eigenvalue weighted by Crippen LogP contribution is 2.34.